The first-order valence-corrected chi connectivity index (χ1v) is 6.10. The molecule has 0 saturated carbocycles. The number of nitrogens with zero attached hydrogens (tertiary/aromatic N) is 1. The molecule has 94 valence electrons. The van der Waals surface area contributed by atoms with Crippen molar-refractivity contribution in [1.82, 2.24) is 4.98 Å². The maximum absolute atomic E-state index is 9.66. The normalized spacial score (nSPS) is 10.6. The second-order valence-electron chi connectivity index (χ2n) is 4.10. The summed E-state index contributed by atoms with van der Waals surface area (Å²) in [5, 5.41) is 11.9. The minimum absolute atomic E-state index is 0.163. The lowest BCUT2D eigenvalue weighted by molar-refractivity contribution is 0.478. The minimum atomic E-state index is 0.163. The molecule has 3 aromatic rings. The molecule has 0 atom stereocenters. The van der Waals surface area contributed by atoms with Crippen molar-refractivity contribution in [3.63, 3.8) is 0 Å². The van der Waals surface area contributed by atoms with Crippen molar-refractivity contribution in [1.29, 1.82) is 0 Å². The van der Waals surface area contributed by atoms with Crippen LogP contribution in [-0.4, -0.2) is 10.1 Å². The van der Waals surface area contributed by atoms with Crippen molar-refractivity contribution >= 4 is 22.4 Å². The third-order valence-corrected chi connectivity index (χ3v) is 3.01. The number of hydrogen-bond acceptors (Lipinski definition) is 3. The van der Waals surface area contributed by atoms with Crippen molar-refractivity contribution in [3.8, 4) is 17.2 Å². The summed E-state index contributed by atoms with van der Waals surface area (Å²) in [6, 6.07) is 12.6. The van der Waals surface area contributed by atoms with E-state index in [0.717, 1.165) is 10.8 Å². The highest BCUT2D eigenvalue weighted by atomic mass is 35.5. The number of ether oxygens (including phenoxy) is 1. The monoisotopic (exact) mass is 271 g/mol. The fourth-order valence-corrected chi connectivity index (χ4v) is 1.97. The summed E-state index contributed by atoms with van der Waals surface area (Å²) in [6.45, 7) is 0. The first-order chi connectivity index (χ1) is 9.22. The van der Waals surface area contributed by atoms with Gasteiger partial charge in [-0.2, -0.15) is 0 Å². The minimum Gasteiger partial charge on any atom is -0.506 e. The van der Waals surface area contributed by atoms with E-state index in [1.807, 2.05) is 6.07 Å². The Morgan fingerprint density at radius 2 is 1.68 bits per heavy atom. The lowest BCUT2D eigenvalue weighted by Gasteiger charge is -2.07. The molecule has 2 aromatic carbocycles. The summed E-state index contributed by atoms with van der Waals surface area (Å²) in [5.74, 6) is 1.55. The number of hydrogen-bond donors (Lipinski definition) is 1. The predicted molar refractivity (Wildman–Crippen MR) is 74.9 cm³/mol. The molecule has 0 radical (unpaired) electrons. The summed E-state index contributed by atoms with van der Waals surface area (Å²) in [5.41, 5.74) is 0. The molecule has 0 aliphatic rings. The number of fused-ring (bicyclic) bond motifs is 1. The number of halogens is 1. The molecule has 0 unspecified atom stereocenters. The number of rotatable bonds is 2. The molecular formula is C15H10ClNO2. The smallest absolute Gasteiger partial charge is 0.141 e. The Labute approximate surface area is 115 Å². The molecule has 3 rings (SSSR count). The molecule has 19 heavy (non-hydrogen) atoms. The van der Waals surface area contributed by atoms with E-state index in [-0.39, 0.29) is 5.75 Å². The molecule has 0 spiro atoms. The fraction of sp³-hybridized carbons (Fsp3) is 0. The van der Waals surface area contributed by atoms with Crippen LogP contribution in [0.3, 0.4) is 0 Å². The zero-order chi connectivity index (χ0) is 13.2. The Kier molecular flexibility index (Phi) is 2.97. The summed E-state index contributed by atoms with van der Waals surface area (Å²) in [6.07, 6.45) is 3.10. The van der Waals surface area contributed by atoms with Gasteiger partial charge in [0, 0.05) is 22.0 Å². The largest absolute Gasteiger partial charge is 0.506 e. The molecule has 1 N–H and O–H groups in total. The van der Waals surface area contributed by atoms with Crippen LogP contribution in [0.5, 0.6) is 17.2 Å². The van der Waals surface area contributed by atoms with E-state index < -0.39 is 0 Å². The van der Waals surface area contributed by atoms with Crippen LogP contribution in [0.25, 0.3) is 10.8 Å². The maximum Gasteiger partial charge on any atom is 0.141 e. The standard InChI is InChI=1S/C15H10ClNO2/c16-11-1-3-12(4-2-11)19-13-5-6-14-10(7-13)8-17-9-15(14)18/h1-9,18H. The van der Waals surface area contributed by atoms with E-state index in [9.17, 15) is 5.11 Å². The Morgan fingerprint density at radius 1 is 0.947 bits per heavy atom. The molecule has 0 aliphatic heterocycles. The second kappa shape index (κ2) is 4.78. The van der Waals surface area contributed by atoms with E-state index in [2.05, 4.69) is 4.98 Å². The van der Waals surface area contributed by atoms with Crippen molar-refractivity contribution in [3.05, 3.63) is 59.9 Å². The van der Waals surface area contributed by atoms with Gasteiger partial charge in [-0.1, -0.05) is 11.6 Å². The van der Waals surface area contributed by atoms with Gasteiger partial charge in [0.1, 0.15) is 17.2 Å². The highest BCUT2D eigenvalue weighted by molar-refractivity contribution is 6.30. The molecule has 0 amide bonds. The predicted octanol–water partition coefficient (Wildman–Crippen LogP) is 4.39. The number of aromatic hydroxyl groups is 1. The van der Waals surface area contributed by atoms with Crippen LogP contribution >= 0.6 is 11.6 Å². The molecule has 0 saturated heterocycles. The lowest BCUT2D eigenvalue weighted by Crippen LogP contribution is -1.84. The van der Waals surface area contributed by atoms with Crippen molar-refractivity contribution < 1.29 is 9.84 Å². The van der Waals surface area contributed by atoms with Gasteiger partial charge in [0.2, 0.25) is 0 Å². The molecular weight excluding hydrogens is 262 g/mol. The van der Waals surface area contributed by atoms with Gasteiger partial charge in [-0.3, -0.25) is 4.98 Å². The van der Waals surface area contributed by atoms with Crippen molar-refractivity contribution in [2.75, 3.05) is 0 Å². The van der Waals surface area contributed by atoms with Gasteiger partial charge in [0.15, 0.2) is 0 Å². The van der Waals surface area contributed by atoms with Crippen LogP contribution in [-0.2, 0) is 0 Å². The zero-order valence-corrected chi connectivity index (χ0v) is 10.6. The van der Waals surface area contributed by atoms with Crippen LogP contribution in [0.4, 0.5) is 0 Å². The quantitative estimate of drug-likeness (QED) is 0.752. The van der Waals surface area contributed by atoms with Gasteiger partial charge in [-0.15, -0.1) is 0 Å². The van der Waals surface area contributed by atoms with Gasteiger partial charge in [-0.25, -0.2) is 0 Å². The summed E-state index contributed by atoms with van der Waals surface area (Å²) in [4.78, 5) is 3.95. The van der Waals surface area contributed by atoms with Gasteiger partial charge < -0.3 is 9.84 Å². The van der Waals surface area contributed by atoms with E-state index in [0.29, 0.717) is 16.5 Å². The summed E-state index contributed by atoms with van der Waals surface area (Å²) in [7, 11) is 0. The third-order valence-electron chi connectivity index (χ3n) is 2.76. The highest BCUT2D eigenvalue weighted by Crippen LogP contribution is 2.29. The van der Waals surface area contributed by atoms with Crippen LogP contribution in [0.2, 0.25) is 5.02 Å². The zero-order valence-electron chi connectivity index (χ0n) is 9.88. The SMILES string of the molecule is Oc1cncc2cc(Oc3ccc(Cl)cc3)ccc12. The molecule has 3 nitrogen and oxygen atoms in total. The second-order valence-corrected chi connectivity index (χ2v) is 4.53. The highest BCUT2D eigenvalue weighted by Gasteiger charge is 2.03. The van der Waals surface area contributed by atoms with Gasteiger partial charge in [0.25, 0.3) is 0 Å². The number of pyridine rings is 1. The van der Waals surface area contributed by atoms with Gasteiger partial charge >= 0.3 is 0 Å². The van der Waals surface area contributed by atoms with Crippen molar-refractivity contribution in [2.45, 2.75) is 0 Å². The molecule has 1 heterocycles. The molecule has 1 aromatic heterocycles. The van der Waals surface area contributed by atoms with Crippen LogP contribution in [0, 0.1) is 0 Å². The van der Waals surface area contributed by atoms with E-state index in [1.165, 1.54) is 6.20 Å². The topological polar surface area (TPSA) is 42.4 Å². The number of benzene rings is 2. The average Bonchev–Trinajstić information content (AvgIpc) is 2.42. The van der Waals surface area contributed by atoms with E-state index >= 15 is 0 Å². The van der Waals surface area contributed by atoms with Crippen LogP contribution in [0.15, 0.2) is 54.9 Å². The molecule has 0 aliphatic carbocycles. The molecule has 4 heteroatoms. The summed E-state index contributed by atoms with van der Waals surface area (Å²) >= 11 is 5.82. The summed E-state index contributed by atoms with van der Waals surface area (Å²) < 4.78 is 5.71. The Morgan fingerprint density at radius 3 is 2.47 bits per heavy atom. The maximum atomic E-state index is 9.66. The molecule has 0 fully saturated rings. The van der Waals surface area contributed by atoms with Crippen LogP contribution in [0.1, 0.15) is 0 Å². The van der Waals surface area contributed by atoms with E-state index in [1.54, 1.807) is 42.6 Å². The Hall–Kier alpha value is -2.26. The van der Waals surface area contributed by atoms with Gasteiger partial charge in [-0.05, 0) is 42.5 Å². The third kappa shape index (κ3) is 2.46. The van der Waals surface area contributed by atoms with Crippen molar-refractivity contribution in [2.24, 2.45) is 0 Å². The molecule has 0 bridgehead atoms. The number of aromatic nitrogens is 1. The lowest BCUT2D eigenvalue weighted by atomic mass is 10.1. The Bertz CT molecular complexity index is 726. The van der Waals surface area contributed by atoms with Gasteiger partial charge in [0.05, 0.1) is 6.20 Å². The average molecular weight is 272 g/mol. The Balaban J connectivity index is 1.95. The van der Waals surface area contributed by atoms with Crippen LogP contribution < -0.4 is 4.74 Å². The first-order valence-electron chi connectivity index (χ1n) is 5.72. The first kappa shape index (κ1) is 11.8. The van der Waals surface area contributed by atoms with E-state index in [4.69, 9.17) is 16.3 Å². The fourth-order valence-electron chi connectivity index (χ4n) is 1.84.